The summed E-state index contributed by atoms with van der Waals surface area (Å²) in [4.78, 5) is 20.0. The third-order valence-corrected chi connectivity index (χ3v) is 2.61. The number of rotatable bonds is 4. The van der Waals surface area contributed by atoms with E-state index < -0.39 is 0 Å². The van der Waals surface area contributed by atoms with E-state index in [0.29, 0.717) is 16.7 Å². The molecule has 0 saturated carbocycles. The monoisotopic (exact) mass is 284 g/mol. The Morgan fingerprint density at radius 1 is 1.33 bits per heavy atom. The third kappa shape index (κ3) is 3.33. The standard InChI is InChI=1S/C14H16N6O/c1-3-5-7-9(6-4-2)17-12-11-10(18-14(15)19-12)8-16-20-13(11)21/h3-8H,1-2H3,(H,20,21)(H3,15,17,18,19)/b5-3-,6-4-,9-7+. The highest BCUT2D eigenvalue weighted by atomic mass is 16.1. The fourth-order valence-corrected chi connectivity index (χ4v) is 1.77. The van der Waals surface area contributed by atoms with Gasteiger partial charge in [-0.1, -0.05) is 18.2 Å². The maximum Gasteiger partial charge on any atom is 0.277 e. The molecule has 2 aromatic heterocycles. The molecule has 7 heteroatoms. The molecule has 0 fully saturated rings. The van der Waals surface area contributed by atoms with E-state index in [2.05, 4.69) is 25.5 Å². The molecule has 2 aromatic rings. The topological polar surface area (TPSA) is 110 Å². The van der Waals surface area contributed by atoms with E-state index in [1.165, 1.54) is 6.20 Å². The van der Waals surface area contributed by atoms with Crippen LogP contribution in [0, 0.1) is 0 Å². The van der Waals surface area contributed by atoms with Crippen molar-refractivity contribution in [3.63, 3.8) is 0 Å². The highest BCUT2D eigenvalue weighted by molar-refractivity contribution is 5.89. The summed E-state index contributed by atoms with van der Waals surface area (Å²) in [6, 6.07) is 0. The summed E-state index contributed by atoms with van der Waals surface area (Å²) in [7, 11) is 0. The van der Waals surface area contributed by atoms with Gasteiger partial charge in [0.15, 0.2) is 0 Å². The van der Waals surface area contributed by atoms with E-state index in [0.717, 1.165) is 5.70 Å². The summed E-state index contributed by atoms with van der Waals surface area (Å²) in [5.41, 5.74) is 6.45. The van der Waals surface area contributed by atoms with E-state index in [1.54, 1.807) is 0 Å². The minimum atomic E-state index is -0.374. The van der Waals surface area contributed by atoms with Crippen molar-refractivity contribution in [2.45, 2.75) is 13.8 Å². The maximum absolute atomic E-state index is 11.9. The molecule has 2 rings (SSSR count). The number of aromatic nitrogens is 4. The first-order chi connectivity index (χ1) is 10.2. The van der Waals surface area contributed by atoms with Gasteiger partial charge >= 0.3 is 0 Å². The maximum atomic E-state index is 11.9. The molecule has 0 atom stereocenters. The van der Waals surface area contributed by atoms with Gasteiger partial charge in [0.1, 0.15) is 16.7 Å². The van der Waals surface area contributed by atoms with Gasteiger partial charge in [0.05, 0.1) is 6.20 Å². The Morgan fingerprint density at radius 2 is 2.14 bits per heavy atom. The molecule has 0 aromatic carbocycles. The van der Waals surface area contributed by atoms with Gasteiger partial charge in [-0.05, 0) is 26.0 Å². The number of aromatic amines is 1. The molecule has 0 spiro atoms. The predicted octanol–water partition coefficient (Wildman–Crippen LogP) is 1.74. The lowest BCUT2D eigenvalue weighted by Gasteiger charge is -2.09. The second-order valence-corrected chi connectivity index (χ2v) is 4.16. The van der Waals surface area contributed by atoms with Crippen LogP contribution in [0.4, 0.5) is 11.8 Å². The van der Waals surface area contributed by atoms with Gasteiger partial charge in [0.25, 0.3) is 5.56 Å². The van der Waals surface area contributed by atoms with Crippen LogP contribution in [-0.4, -0.2) is 20.2 Å². The molecule has 0 aliphatic rings. The van der Waals surface area contributed by atoms with Crippen molar-refractivity contribution in [3.05, 3.63) is 52.6 Å². The van der Waals surface area contributed by atoms with Gasteiger partial charge in [0.2, 0.25) is 5.95 Å². The van der Waals surface area contributed by atoms with Gasteiger partial charge in [-0.3, -0.25) is 4.79 Å². The Morgan fingerprint density at radius 3 is 2.86 bits per heavy atom. The van der Waals surface area contributed by atoms with Crippen LogP contribution in [0.5, 0.6) is 0 Å². The number of anilines is 2. The third-order valence-electron chi connectivity index (χ3n) is 2.61. The fourth-order valence-electron chi connectivity index (χ4n) is 1.77. The lowest BCUT2D eigenvalue weighted by atomic mass is 10.3. The van der Waals surface area contributed by atoms with Gasteiger partial charge in [-0.15, -0.1) is 0 Å². The van der Waals surface area contributed by atoms with E-state index in [4.69, 9.17) is 5.73 Å². The number of hydrogen-bond acceptors (Lipinski definition) is 6. The summed E-state index contributed by atoms with van der Waals surface area (Å²) in [5, 5.41) is 9.47. The molecule has 0 saturated heterocycles. The van der Waals surface area contributed by atoms with Crippen molar-refractivity contribution in [2.24, 2.45) is 0 Å². The average molecular weight is 284 g/mol. The molecule has 0 unspecified atom stereocenters. The summed E-state index contributed by atoms with van der Waals surface area (Å²) < 4.78 is 0. The van der Waals surface area contributed by atoms with E-state index in [1.807, 2.05) is 44.2 Å². The summed E-state index contributed by atoms with van der Waals surface area (Å²) in [5.74, 6) is 0.415. The molecular weight excluding hydrogens is 268 g/mol. The van der Waals surface area contributed by atoms with E-state index in [9.17, 15) is 4.79 Å². The van der Waals surface area contributed by atoms with Crippen LogP contribution in [0.1, 0.15) is 13.8 Å². The molecule has 108 valence electrons. The first-order valence-corrected chi connectivity index (χ1v) is 6.39. The highest BCUT2D eigenvalue weighted by Gasteiger charge is 2.10. The van der Waals surface area contributed by atoms with Crippen molar-refractivity contribution in [2.75, 3.05) is 11.1 Å². The van der Waals surface area contributed by atoms with Gasteiger partial charge in [-0.25, -0.2) is 10.1 Å². The summed E-state index contributed by atoms with van der Waals surface area (Å²) in [6.45, 7) is 3.81. The minimum Gasteiger partial charge on any atom is -0.368 e. The Balaban J connectivity index is 2.58. The molecule has 2 heterocycles. The molecule has 0 amide bonds. The Bertz CT molecular complexity index is 788. The zero-order chi connectivity index (χ0) is 15.2. The van der Waals surface area contributed by atoms with E-state index in [-0.39, 0.29) is 11.5 Å². The quantitative estimate of drug-likeness (QED) is 0.738. The fraction of sp³-hybridized carbons (Fsp3) is 0.143. The second-order valence-electron chi connectivity index (χ2n) is 4.16. The summed E-state index contributed by atoms with van der Waals surface area (Å²) in [6.07, 6.45) is 10.8. The molecule has 7 nitrogen and oxygen atoms in total. The number of nitrogens with one attached hydrogen (secondary N) is 2. The van der Waals surface area contributed by atoms with Crippen molar-refractivity contribution in [1.82, 2.24) is 20.2 Å². The van der Waals surface area contributed by atoms with Crippen LogP contribution in [-0.2, 0) is 0 Å². The normalized spacial score (nSPS) is 12.6. The van der Waals surface area contributed by atoms with Crippen molar-refractivity contribution < 1.29 is 0 Å². The number of allylic oxidation sites excluding steroid dienone is 5. The smallest absolute Gasteiger partial charge is 0.277 e. The van der Waals surface area contributed by atoms with Crippen molar-refractivity contribution in [1.29, 1.82) is 0 Å². The molecule has 21 heavy (non-hydrogen) atoms. The lowest BCUT2D eigenvalue weighted by Crippen LogP contribution is -2.14. The van der Waals surface area contributed by atoms with Gasteiger partial charge < -0.3 is 11.1 Å². The highest BCUT2D eigenvalue weighted by Crippen LogP contribution is 2.18. The van der Waals surface area contributed by atoms with Gasteiger partial charge in [0, 0.05) is 5.70 Å². The second kappa shape index (κ2) is 6.47. The molecule has 0 bridgehead atoms. The lowest BCUT2D eigenvalue weighted by molar-refractivity contribution is 1.00. The zero-order valence-corrected chi connectivity index (χ0v) is 11.8. The minimum absolute atomic E-state index is 0.0725. The number of fused-ring (bicyclic) bond motifs is 1. The first kappa shape index (κ1) is 14.4. The molecule has 0 aliphatic carbocycles. The van der Waals surface area contributed by atoms with Crippen LogP contribution in [0.25, 0.3) is 10.9 Å². The SMILES string of the molecule is C\C=C/C=C(\C=C/C)Nc1nc(N)nc2cn[nH]c(=O)c12. The van der Waals surface area contributed by atoms with Crippen molar-refractivity contribution in [3.8, 4) is 0 Å². The van der Waals surface area contributed by atoms with Gasteiger partial charge in [-0.2, -0.15) is 10.1 Å². The Kier molecular flexibility index (Phi) is 4.45. The molecule has 0 aliphatic heterocycles. The number of H-pyrrole nitrogens is 1. The predicted molar refractivity (Wildman–Crippen MR) is 83.7 cm³/mol. The van der Waals surface area contributed by atoms with Crippen LogP contribution >= 0.6 is 0 Å². The zero-order valence-electron chi connectivity index (χ0n) is 11.8. The summed E-state index contributed by atoms with van der Waals surface area (Å²) >= 11 is 0. The Labute approximate surface area is 121 Å². The molecule has 4 N–H and O–H groups in total. The van der Waals surface area contributed by atoms with Crippen LogP contribution in [0.3, 0.4) is 0 Å². The number of nitrogens with two attached hydrogens (primary N) is 1. The molecular formula is C14H16N6O. The largest absolute Gasteiger partial charge is 0.368 e. The van der Waals surface area contributed by atoms with Crippen LogP contribution in [0.15, 0.2) is 47.1 Å². The number of hydrogen-bond donors (Lipinski definition) is 3. The van der Waals surface area contributed by atoms with Crippen molar-refractivity contribution >= 4 is 22.7 Å². The average Bonchev–Trinajstić information content (AvgIpc) is 2.44. The first-order valence-electron chi connectivity index (χ1n) is 6.39. The van der Waals surface area contributed by atoms with Crippen LogP contribution in [0.2, 0.25) is 0 Å². The van der Waals surface area contributed by atoms with Crippen LogP contribution < -0.4 is 16.6 Å². The Hall–Kier alpha value is -2.96. The molecule has 0 radical (unpaired) electrons. The number of nitrogens with zero attached hydrogens (tertiary/aromatic N) is 3. The van der Waals surface area contributed by atoms with E-state index >= 15 is 0 Å². The number of nitrogen functional groups attached to an aromatic ring is 1.